The minimum atomic E-state index is 0.0690. The third kappa shape index (κ3) is 5.35. The Hall–Kier alpha value is -1.96. The van der Waals surface area contributed by atoms with Gasteiger partial charge in [0.05, 0.1) is 5.02 Å². The third-order valence-electron chi connectivity index (χ3n) is 4.93. The van der Waals surface area contributed by atoms with Crippen LogP contribution >= 0.6 is 22.9 Å². The SMILES string of the molecule is CN/C=C(\C=N)c1ccc(-c2nnc(NC3CC(C)(C)NC(C)(C)C3)s2)c(Cl)c1. The zero-order valence-electron chi connectivity index (χ0n) is 17.6. The van der Waals surface area contributed by atoms with Gasteiger partial charge in [0.1, 0.15) is 0 Å². The molecular formula is C21H29ClN6S. The van der Waals surface area contributed by atoms with Crippen molar-refractivity contribution in [3.05, 3.63) is 35.0 Å². The Labute approximate surface area is 181 Å². The van der Waals surface area contributed by atoms with Gasteiger partial charge in [-0.1, -0.05) is 29.0 Å². The smallest absolute Gasteiger partial charge is 0.206 e. The van der Waals surface area contributed by atoms with Crippen LogP contribution in [0, 0.1) is 5.41 Å². The van der Waals surface area contributed by atoms with E-state index in [2.05, 4.69) is 53.8 Å². The molecule has 1 aromatic carbocycles. The lowest BCUT2D eigenvalue weighted by Gasteiger charge is -2.46. The number of hydrogen-bond donors (Lipinski definition) is 4. The molecule has 1 saturated heterocycles. The standard InChI is InChI=1S/C21H29ClN6S/c1-20(2)9-15(10-21(3,4)28-20)25-19-27-26-18(29-19)16-7-6-13(8-17(16)22)14(11-23)12-24-5/h6-8,11-12,15,23-24,28H,9-10H2,1-5H3,(H,25,27)/b14-12+,23-11?. The highest BCUT2D eigenvalue weighted by molar-refractivity contribution is 7.18. The van der Waals surface area contributed by atoms with Crippen LogP contribution in [0.25, 0.3) is 16.1 Å². The first-order valence-electron chi connectivity index (χ1n) is 9.70. The molecule has 0 bridgehead atoms. The number of benzene rings is 1. The molecule has 3 rings (SSSR count). The van der Waals surface area contributed by atoms with Crippen molar-refractivity contribution >= 4 is 39.9 Å². The van der Waals surface area contributed by atoms with Crippen molar-refractivity contribution in [3.63, 3.8) is 0 Å². The molecule has 156 valence electrons. The van der Waals surface area contributed by atoms with Gasteiger partial charge in [-0.3, -0.25) is 0 Å². The van der Waals surface area contributed by atoms with E-state index >= 15 is 0 Å². The molecule has 2 aromatic rings. The van der Waals surface area contributed by atoms with Gasteiger partial charge in [0.2, 0.25) is 5.13 Å². The topological polar surface area (TPSA) is 85.7 Å². The van der Waals surface area contributed by atoms with E-state index in [-0.39, 0.29) is 11.1 Å². The van der Waals surface area contributed by atoms with Crippen molar-refractivity contribution in [3.8, 4) is 10.6 Å². The first kappa shape index (κ1) is 21.7. The fourth-order valence-corrected chi connectivity index (χ4v) is 5.41. The number of aromatic nitrogens is 2. The molecule has 0 radical (unpaired) electrons. The number of allylic oxidation sites excluding steroid dienone is 1. The van der Waals surface area contributed by atoms with Crippen LogP contribution in [0.15, 0.2) is 24.4 Å². The summed E-state index contributed by atoms with van der Waals surface area (Å²) in [7, 11) is 1.81. The maximum absolute atomic E-state index is 7.56. The summed E-state index contributed by atoms with van der Waals surface area (Å²) in [6.45, 7) is 8.95. The fraction of sp³-hybridized carbons (Fsp3) is 0.476. The van der Waals surface area contributed by atoms with Crippen LogP contribution < -0.4 is 16.0 Å². The van der Waals surface area contributed by atoms with Gasteiger partial charge in [-0.15, -0.1) is 10.2 Å². The summed E-state index contributed by atoms with van der Waals surface area (Å²) in [5.41, 5.74) is 2.63. The largest absolute Gasteiger partial charge is 0.393 e. The minimum absolute atomic E-state index is 0.0690. The van der Waals surface area contributed by atoms with E-state index < -0.39 is 0 Å². The fourth-order valence-electron chi connectivity index (χ4n) is 4.22. The normalized spacial score (nSPS) is 19.0. The van der Waals surface area contributed by atoms with Crippen molar-refractivity contribution in [2.75, 3.05) is 12.4 Å². The molecule has 0 aliphatic carbocycles. The molecule has 4 N–H and O–H groups in total. The van der Waals surface area contributed by atoms with Gasteiger partial charge in [0.15, 0.2) is 5.01 Å². The van der Waals surface area contributed by atoms with Gasteiger partial charge in [-0.25, -0.2) is 0 Å². The predicted octanol–water partition coefficient (Wildman–Crippen LogP) is 4.79. The lowest BCUT2D eigenvalue weighted by Crippen LogP contribution is -2.60. The molecule has 1 aliphatic rings. The maximum atomic E-state index is 7.56. The number of nitrogens with one attached hydrogen (secondary N) is 4. The molecular weight excluding hydrogens is 404 g/mol. The monoisotopic (exact) mass is 432 g/mol. The number of halogens is 1. The van der Waals surface area contributed by atoms with E-state index in [9.17, 15) is 0 Å². The lowest BCUT2D eigenvalue weighted by atomic mass is 9.80. The second-order valence-corrected chi connectivity index (χ2v) is 10.2. The number of nitrogens with zero attached hydrogens (tertiary/aromatic N) is 2. The van der Waals surface area contributed by atoms with Crippen LogP contribution in [0.4, 0.5) is 5.13 Å². The summed E-state index contributed by atoms with van der Waals surface area (Å²) in [6.07, 6.45) is 5.11. The molecule has 0 atom stereocenters. The van der Waals surface area contributed by atoms with Crippen molar-refractivity contribution in [1.82, 2.24) is 20.8 Å². The van der Waals surface area contributed by atoms with Crippen LogP contribution in [0.2, 0.25) is 5.02 Å². The zero-order chi connectivity index (χ0) is 21.2. The Bertz CT molecular complexity index is 902. The van der Waals surface area contributed by atoms with Crippen LogP contribution in [0.3, 0.4) is 0 Å². The lowest BCUT2D eigenvalue weighted by molar-refractivity contribution is 0.170. The third-order valence-corrected chi connectivity index (χ3v) is 6.13. The number of hydrogen-bond acceptors (Lipinski definition) is 7. The molecule has 1 aliphatic heterocycles. The van der Waals surface area contributed by atoms with Crippen LogP contribution in [0.5, 0.6) is 0 Å². The second kappa shape index (κ2) is 8.42. The van der Waals surface area contributed by atoms with E-state index in [1.165, 1.54) is 17.6 Å². The quantitative estimate of drug-likeness (QED) is 0.493. The minimum Gasteiger partial charge on any atom is -0.393 e. The molecule has 8 heteroatoms. The summed E-state index contributed by atoms with van der Waals surface area (Å²) in [5.74, 6) is 0. The van der Waals surface area contributed by atoms with Crippen LogP contribution in [-0.4, -0.2) is 40.6 Å². The Morgan fingerprint density at radius 3 is 2.52 bits per heavy atom. The van der Waals surface area contributed by atoms with Crippen molar-refractivity contribution < 1.29 is 0 Å². The molecule has 1 aromatic heterocycles. The molecule has 0 saturated carbocycles. The summed E-state index contributed by atoms with van der Waals surface area (Å²) in [4.78, 5) is 0. The number of anilines is 1. The number of piperidine rings is 1. The first-order valence-corrected chi connectivity index (χ1v) is 10.9. The van der Waals surface area contributed by atoms with Crippen molar-refractivity contribution in [2.24, 2.45) is 0 Å². The highest BCUT2D eigenvalue weighted by atomic mass is 35.5. The Kier molecular flexibility index (Phi) is 6.31. The Morgan fingerprint density at radius 1 is 1.24 bits per heavy atom. The van der Waals surface area contributed by atoms with E-state index in [1.54, 1.807) is 13.2 Å². The summed E-state index contributed by atoms with van der Waals surface area (Å²) in [5, 5.41) is 28.7. The van der Waals surface area contributed by atoms with Crippen molar-refractivity contribution in [2.45, 2.75) is 57.7 Å². The predicted molar refractivity (Wildman–Crippen MR) is 124 cm³/mol. The molecule has 0 amide bonds. The van der Waals surface area contributed by atoms with Crippen molar-refractivity contribution in [1.29, 1.82) is 5.41 Å². The molecule has 1 fully saturated rings. The summed E-state index contributed by atoms with van der Waals surface area (Å²) in [6, 6.07) is 6.08. The van der Waals surface area contributed by atoms with E-state index in [0.717, 1.165) is 39.7 Å². The van der Waals surface area contributed by atoms with Crippen LogP contribution in [0.1, 0.15) is 46.1 Å². The zero-order valence-corrected chi connectivity index (χ0v) is 19.1. The molecule has 6 nitrogen and oxygen atoms in total. The van der Waals surface area contributed by atoms with Gasteiger partial charge in [0.25, 0.3) is 0 Å². The average Bonchev–Trinajstić information content (AvgIpc) is 3.04. The first-order chi connectivity index (χ1) is 13.6. The van der Waals surface area contributed by atoms with Crippen LogP contribution in [-0.2, 0) is 0 Å². The van der Waals surface area contributed by atoms with Gasteiger partial charge in [-0.2, -0.15) is 0 Å². The molecule has 29 heavy (non-hydrogen) atoms. The van der Waals surface area contributed by atoms with E-state index in [0.29, 0.717) is 11.1 Å². The molecule has 2 heterocycles. The average molecular weight is 433 g/mol. The Balaban J connectivity index is 1.78. The highest BCUT2D eigenvalue weighted by Crippen LogP contribution is 2.35. The van der Waals surface area contributed by atoms with Gasteiger partial charge in [0, 0.05) is 47.7 Å². The van der Waals surface area contributed by atoms with E-state index in [4.69, 9.17) is 17.0 Å². The Morgan fingerprint density at radius 2 is 1.93 bits per heavy atom. The molecule has 0 spiro atoms. The number of rotatable bonds is 6. The summed E-state index contributed by atoms with van der Waals surface area (Å²) >= 11 is 8.04. The van der Waals surface area contributed by atoms with Gasteiger partial charge in [-0.05, 0) is 58.2 Å². The van der Waals surface area contributed by atoms with Gasteiger partial charge >= 0.3 is 0 Å². The van der Waals surface area contributed by atoms with E-state index in [1.807, 2.05) is 18.2 Å². The molecule has 0 unspecified atom stereocenters. The maximum Gasteiger partial charge on any atom is 0.206 e. The second-order valence-electron chi connectivity index (χ2n) is 8.78. The highest BCUT2D eigenvalue weighted by Gasteiger charge is 2.37. The van der Waals surface area contributed by atoms with Gasteiger partial charge < -0.3 is 21.4 Å². The summed E-state index contributed by atoms with van der Waals surface area (Å²) < 4.78 is 0.